The first-order valence-corrected chi connectivity index (χ1v) is 8.83. The van der Waals surface area contributed by atoms with Crippen LogP contribution in [-0.2, 0) is 27.3 Å². The molecule has 0 atom stereocenters. The van der Waals surface area contributed by atoms with Crippen molar-refractivity contribution in [3.8, 4) is 0 Å². The molecule has 2 aromatic rings. The molecule has 7 nitrogen and oxygen atoms in total. The van der Waals surface area contributed by atoms with Crippen LogP contribution in [0.2, 0.25) is 0 Å². The summed E-state index contributed by atoms with van der Waals surface area (Å²) in [4.78, 5) is 41.4. The highest BCUT2D eigenvalue weighted by Gasteiger charge is 2.14. The van der Waals surface area contributed by atoms with Gasteiger partial charge in [0.15, 0.2) is 0 Å². The van der Waals surface area contributed by atoms with Crippen LogP contribution in [0.1, 0.15) is 25.1 Å². The predicted octanol–water partition coefficient (Wildman–Crippen LogP) is 1.75. The summed E-state index contributed by atoms with van der Waals surface area (Å²) in [5.41, 5.74) is 2.23. The van der Waals surface area contributed by atoms with Crippen molar-refractivity contribution in [2.45, 2.75) is 26.8 Å². The molecule has 0 saturated carbocycles. The fourth-order valence-electron chi connectivity index (χ4n) is 2.53. The van der Waals surface area contributed by atoms with Crippen molar-refractivity contribution in [2.24, 2.45) is 0 Å². The largest absolute Gasteiger partial charge is 0.347 e. The molecule has 3 amide bonds. The van der Waals surface area contributed by atoms with Gasteiger partial charge in [0.2, 0.25) is 5.91 Å². The lowest BCUT2D eigenvalue weighted by atomic mass is 10.2. The van der Waals surface area contributed by atoms with E-state index in [1.165, 1.54) is 6.92 Å². The van der Waals surface area contributed by atoms with E-state index in [4.69, 9.17) is 0 Å². The van der Waals surface area contributed by atoms with Crippen LogP contribution in [0, 0.1) is 0 Å². The Labute approximate surface area is 158 Å². The molecule has 0 fully saturated rings. The topological polar surface area (TPSA) is 91.4 Å². The zero-order chi connectivity index (χ0) is 19.6. The lowest BCUT2D eigenvalue weighted by Crippen LogP contribution is -2.36. The maximum atomic E-state index is 12.0. The molecular weight excluding hydrogens is 344 g/mol. The summed E-state index contributed by atoms with van der Waals surface area (Å²) in [5.74, 6) is -1.44. The van der Waals surface area contributed by atoms with Gasteiger partial charge in [0, 0.05) is 50.6 Å². The zero-order valence-electron chi connectivity index (χ0n) is 15.6. The summed E-state index contributed by atoms with van der Waals surface area (Å²) in [6.45, 7) is 4.80. The molecule has 0 aliphatic carbocycles. The Morgan fingerprint density at radius 3 is 2.56 bits per heavy atom. The monoisotopic (exact) mass is 368 g/mol. The maximum absolute atomic E-state index is 12.0. The number of anilines is 1. The van der Waals surface area contributed by atoms with Gasteiger partial charge in [-0.1, -0.05) is 18.2 Å². The van der Waals surface area contributed by atoms with E-state index in [0.29, 0.717) is 31.7 Å². The minimum Gasteiger partial charge on any atom is -0.347 e. The average Bonchev–Trinajstić information content (AvgIpc) is 2.67. The third-order valence-electron chi connectivity index (χ3n) is 3.98. The Bertz CT molecular complexity index is 793. The molecule has 0 aliphatic rings. The van der Waals surface area contributed by atoms with Crippen LogP contribution in [0.5, 0.6) is 0 Å². The Hall–Kier alpha value is -3.22. The van der Waals surface area contributed by atoms with E-state index in [1.807, 2.05) is 31.2 Å². The van der Waals surface area contributed by atoms with Crippen LogP contribution >= 0.6 is 0 Å². The zero-order valence-corrected chi connectivity index (χ0v) is 15.6. The molecule has 0 saturated heterocycles. The highest BCUT2D eigenvalue weighted by molar-refractivity contribution is 6.39. The van der Waals surface area contributed by atoms with Crippen molar-refractivity contribution >= 4 is 23.4 Å². The number of carbonyl (C=O) groups is 3. The Balaban J connectivity index is 1.86. The van der Waals surface area contributed by atoms with E-state index in [9.17, 15) is 14.4 Å². The Morgan fingerprint density at radius 2 is 1.89 bits per heavy atom. The number of carbonyl (C=O) groups excluding carboxylic acids is 3. The summed E-state index contributed by atoms with van der Waals surface area (Å²) < 4.78 is 0. The van der Waals surface area contributed by atoms with E-state index < -0.39 is 11.8 Å². The van der Waals surface area contributed by atoms with Gasteiger partial charge in [-0.05, 0) is 36.8 Å². The SMILES string of the molecule is CCN(Cc1cccc(NC(=O)C(=O)NCCc2ccccn2)c1)C(C)=O. The number of hydrogen-bond donors (Lipinski definition) is 2. The van der Waals surface area contributed by atoms with E-state index in [1.54, 1.807) is 29.3 Å². The molecule has 2 N–H and O–H groups in total. The highest BCUT2D eigenvalue weighted by atomic mass is 16.2. The second-order valence-electron chi connectivity index (χ2n) is 6.01. The molecule has 0 radical (unpaired) electrons. The minimum absolute atomic E-state index is 0.0146. The number of nitrogens with zero attached hydrogens (tertiary/aromatic N) is 2. The van der Waals surface area contributed by atoms with E-state index in [-0.39, 0.29) is 5.91 Å². The number of hydrogen-bond acceptors (Lipinski definition) is 4. The molecule has 2 rings (SSSR count). The molecule has 142 valence electrons. The van der Waals surface area contributed by atoms with Crippen LogP contribution < -0.4 is 10.6 Å². The van der Waals surface area contributed by atoms with E-state index in [0.717, 1.165) is 11.3 Å². The van der Waals surface area contributed by atoms with Crippen molar-refractivity contribution in [1.82, 2.24) is 15.2 Å². The third-order valence-corrected chi connectivity index (χ3v) is 3.98. The summed E-state index contributed by atoms with van der Waals surface area (Å²) in [7, 11) is 0. The number of rotatable bonds is 7. The third kappa shape index (κ3) is 6.54. The first-order valence-electron chi connectivity index (χ1n) is 8.83. The van der Waals surface area contributed by atoms with Gasteiger partial charge >= 0.3 is 11.8 Å². The molecule has 1 heterocycles. The molecule has 0 unspecified atom stereocenters. The molecule has 1 aromatic heterocycles. The van der Waals surface area contributed by atoms with Gasteiger partial charge < -0.3 is 15.5 Å². The van der Waals surface area contributed by atoms with Gasteiger partial charge in [-0.25, -0.2) is 0 Å². The lowest BCUT2D eigenvalue weighted by molar-refractivity contribution is -0.136. The van der Waals surface area contributed by atoms with Crippen LogP contribution in [0.15, 0.2) is 48.7 Å². The standard InChI is InChI=1S/C20H24N4O3/c1-3-24(15(2)25)14-16-7-6-9-18(13-16)23-20(27)19(26)22-12-10-17-8-4-5-11-21-17/h4-9,11,13H,3,10,12,14H2,1-2H3,(H,22,26)(H,23,27). The smallest absolute Gasteiger partial charge is 0.313 e. The number of pyridine rings is 1. The summed E-state index contributed by atoms with van der Waals surface area (Å²) in [6, 6.07) is 12.6. The molecule has 1 aromatic carbocycles. The van der Waals surface area contributed by atoms with Gasteiger partial charge in [0.25, 0.3) is 0 Å². The molecule has 0 bridgehead atoms. The number of aromatic nitrogens is 1. The molecule has 27 heavy (non-hydrogen) atoms. The maximum Gasteiger partial charge on any atom is 0.313 e. The van der Waals surface area contributed by atoms with E-state index in [2.05, 4.69) is 15.6 Å². The second-order valence-corrected chi connectivity index (χ2v) is 6.01. The molecule has 0 spiro atoms. The molecule has 0 aliphatic heterocycles. The number of benzene rings is 1. The van der Waals surface area contributed by atoms with Gasteiger partial charge in [-0.3, -0.25) is 19.4 Å². The second kappa shape index (κ2) is 10.1. The van der Waals surface area contributed by atoms with Crippen LogP contribution in [0.4, 0.5) is 5.69 Å². The fraction of sp³-hybridized carbons (Fsp3) is 0.300. The quantitative estimate of drug-likeness (QED) is 0.729. The first kappa shape index (κ1) is 20.1. The van der Waals surface area contributed by atoms with Gasteiger partial charge in [-0.15, -0.1) is 0 Å². The molecule has 7 heteroatoms. The van der Waals surface area contributed by atoms with E-state index >= 15 is 0 Å². The summed E-state index contributed by atoms with van der Waals surface area (Å²) in [6.07, 6.45) is 2.23. The fourth-order valence-corrected chi connectivity index (χ4v) is 2.53. The van der Waals surface area contributed by atoms with Gasteiger partial charge in [0.1, 0.15) is 0 Å². The van der Waals surface area contributed by atoms with Crippen LogP contribution in [-0.4, -0.2) is 40.7 Å². The lowest BCUT2D eigenvalue weighted by Gasteiger charge is -2.19. The minimum atomic E-state index is -0.730. The predicted molar refractivity (Wildman–Crippen MR) is 103 cm³/mol. The number of nitrogens with one attached hydrogen (secondary N) is 2. The van der Waals surface area contributed by atoms with Crippen LogP contribution in [0.3, 0.4) is 0 Å². The van der Waals surface area contributed by atoms with Crippen molar-refractivity contribution in [3.63, 3.8) is 0 Å². The van der Waals surface area contributed by atoms with Crippen molar-refractivity contribution in [1.29, 1.82) is 0 Å². The Kier molecular flexibility index (Phi) is 7.49. The summed E-state index contributed by atoms with van der Waals surface area (Å²) >= 11 is 0. The van der Waals surface area contributed by atoms with Crippen LogP contribution in [0.25, 0.3) is 0 Å². The normalized spacial score (nSPS) is 10.1. The van der Waals surface area contributed by atoms with Crippen molar-refractivity contribution in [3.05, 3.63) is 59.9 Å². The molecular formula is C20H24N4O3. The van der Waals surface area contributed by atoms with Gasteiger partial charge in [0.05, 0.1) is 0 Å². The average molecular weight is 368 g/mol. The first-order chi connectivity index (χ1) is 13.0. The summed E-state index contributed by atoms with van der Waals surface area (Å²) in [5, 5.41) is 5.16. The Morgan fingerprint density at radius 1 is 1.07 bits per heavy atom. The van der Waals surface area contributed by atoms with Gasteiger partial charge in [-0.2, -0.15) is 0 Å². The number of amides is 3. The highest BCUT2D eigenvalue weighted by Crippen LogP contribution is 2.13. The van der Waals surface area contributed by atoms with Crippen molar-refractivity contribution < 1.29 is 14.4 Å². The van der Waals surface area contributed by atoms with Crippen molar-refractivity contribution in [2.75, 3.05) is 18.4 Å².